The number of benzene rings is 1. The molecule has 5 heteroatoms. The second-order valence-electron chi connectivity index (χ2n) is 4.31. The first kappa shape index (κ1) is 13.5. The molecule has 100 valence electrons. The zero-order valence-corrected chi connectivity index (χ0v) is 11.8. The van der Waals surface area contributed by atoms with Crippen molar-refractivity contribution in [1.29, 1.82) is 0 Å². The van der Waals surface area contributed by atoms with E-state index in [0.29, 0.717) is 18.2 Å². The summed E-state index contributed by atoms with van der Waals surface area (Å²) < 4.78 is 5.58. The summed E-state index contributed by atoms with van der Waals surface area (Å²) in [6.45, 7) is 4.41. The molecule has 0 unspecified atom stereocenters. The number of hydrogen-bond acceptors (Lipinski definition) is 4. The molecule has 0 saturated carbocycles. The van der Waals surface area contributed by atoms with Gasteiger partial charge < -0.3 is 10.1 Å². The number of aromatic nitrogens is 1. The van der Waals surface area contributed by atoms with Gasteiger partial charge in [-0.25, -0.2) is 4.98 Å². The van der Waals surface area contributed by atoms with Gasteiger partial charge in [-0.3, -0.25) is 4.79 Å². The number of ether oxygens (including phenoxy) is 1. The third-order valence-electron chi connectivity index (χ3n) is 2.47. The minimum atomic E-state index is -0.0840. The van der Waals surface area contributed by atoms with E-state index < -0.39 is 0 Å². The number of thiazole rings is 1. The second-order valence-corrected chi connectivity index (χ2v) is 5.20. The molecule has 1 amide bonds. The molecule has 2 rings (SSSR count). The molecular formula is C14H16N2O2S. The lowest BCUT2D eigenvalue weighted by atomic mass is 10.1. The number of rotatable bonds is 5. The summed E-state index contributed by atoms with van der Waals surface area (Å²) in [6, 6.07) is 6.01. The largest absolute Gasteiger partial charge is 0.493 e. The van der Waals surface area contributed by atoms with Crippen LogP contribution >= 0.6 is 11.3 Å². The SMILES string of the molecule is Cc1cc(C)cc(OCCC(=O)Nc2nccs2)c1. The summed E-state index contributed by atoms with van der Waals surface area (Å²) in [7, 11) is 0. The van der Waals surface area contributed by atoms with E-state index in [1.54, 1.807) is 6.20 Å². The van der Waals surface area contributed by atoms with Crippen molar-refractivity contribution in [2.45, 2.75) is 20.3 Å². The van der Waals surface area contributed by atoms with E-state index in [2.05, 4.69) is 16.4 Å². The summed E-state index contributed by atoms with van der Waals surface area (Å²) >= 11 is 1.40. The Hall–Kier alpha value is -1.88. The van der Waals surface area contributed by atoms with Gasteiger partial charge in [0.2, 0.25) is 5.91 Å². The summed E-state index contributed by atoms with van der Waals surface area (Å²) in [5.74, 6) is 0.721. The predicted molar refractivity (Wildman–Crippen MR) is 76.8 cm³/mol. The molecule has 0 atom stereocenters. The standard InChI is InChI=1S/C14H16N2O2S/c1-10-7-11(2)9-12(8-10)18-5-3-13(17)16-14-15-4-6-19-14/h4,6-9H,3,5H2,1-2H3,(H,15,16,17). The van der Waals surface area contributed by atoms with Crippen molar-refractivity contribution in [3.63, 3.8) is 0 Å². The Morgan fingerprint density at radius 2 is 2.05 bits per heavy atom. The Labute approximate surface area is 116 Å². The lowest BCUT2D eigenvalue weighted by Gasteiger charge is -2.08. The maximum Gasteiger partial charge on any atom is 0.229 e. The van der Waals surface area contributed by atoms with Crippen LogP contribution in [-0.2, 0) is 4.79 Å². The van der Waals surface area contributed by atoms with Gasteiger partial charge in [-0.15, -0.1) is 11.3 Å². The molecule has 4 nitrogen and oxygen atoms in total. The molecule has 19 heavy (non-hydrogen) atoms. The van der Waals surface area contributed by atoms with E-state index in [1.807, 2.05) is 31.4 Å². The lowest BCUT2D eigenvalue weighted by Crippen LogP contribution is -2.15. The first-order chi connectivity index (χ1) is 9.13. The van der Waals surface area contributed by atoms with Crippen LogP contribution in [0.5, 0.6) is 5.75 Å². The molecule has 1 aromatic carbocycles. The van der Waals surface area contributed by atoms with Crippen molar-refractivity contribution in [2.75, 3.05) is 11.9 Å². The maximum atomic E-state index is 11.6. The lowest BCUT2D eigenvalue weighted by molar-refractivity contribution is -0.116. The number of aryl methyl sites for hydroxylation is 2. The molecule has 0 spiro atoms. The summed E-state index contributed by atoms with van der Waals surface area (Å²) in [5.41, 5.74) is 2.31. The molecule has 1 aromatic heterocycles. The number of carbonyl (C=O) groups excluding carboxylic acids is 1. The minimum Gasteiger partial charge on any atom is -0.493 e. The number of nitrogens with zero attached hydrogens (tertiary/aromatic N) is 1. The van der Waals surface area contributed by atoms with E-state index in [-0.39, 0.29) is 5.91 Å². The van der Waals surface area contributed by atoms with Crippen LogP contribution in [0.15, 0.2) is 29.8 Å². The molecule has 0 aliphatic rings. The number of amides is 1. The summed E-state index contributed by atoms with van der Waals surface area (Å²) in [6.07, 6.45) is 1.97. The average Bonchev–Trinajstić information content (AvgIpc) is 2.80. The van der Waals surface area contributed by atoms with Gasteiger partial charge in [0.05, 0.1) is 13.0 Å². The highest BCUT2D eigenvalue weighted by molar-refractivity contribution is 7.13. The van der Waals surface area contributed by atoms with Crippen LogP contribution < -0.4 is 10.1 Å². The van der Waals surface area contributed by atoms with Crippen molar-refractivity contribution in [1.82, 2.24) is 4.98 Å². The van der Waals surface area contributed by atoms with Crippen molar-refractivity contribution < 1.29 is 9.53 Å². The van der Waals surface area contributed by atoms with Crippen molar-refractivity contribution >= 4 is 22.4 Å². The van der Waals surface area contributed by atoms with Crippen molar-refractivity contribution in [3.8, 4) is 5.75 Å². The Kier molecular flexibility index (Phi) is 4.52. The molecule has 1 N–H and O–H groups in total. The predicted octanol–water partition coefficient (Wildman–Crippen LogP) is 3.17. The maximum absolute atomic E-state index is 11.6. The number of carbonyl (C=O) groups is 1. The van der Waals surface area contributed by atoms with Gasteiger partial charge in [-0.1, -0.05) is 6.07 Å². The molecule has 2 aromatic rings. The second kappa shape index (κ2) is 6.33. The molecule has 0 radical (unpaired) electrons. The Balaban J connectivity index is 1.78. The van der Waals surface area contributed by atoms with Crippen molar-refractivity contribution in [3.05, 3.63) is 40.9 Å². The quantitative estimate of drug-likeness (QED) is 0.912. The van der Waals surface area contributed by atoms with E-state index in [9.17, 15) is 4.79 Å². The molecule has 0 aliphatic carbocycles. The Bertz CT molecular complexity index is 532. The van der Waals surface area contributed by atoms with Gasteiger partial charge in [0.25, 0.3) is 0 Å². The average molecular weight is 276 g/mol. The fourth-order valence-electron chi connectivity index (χ4n) is 1.74. The van der Waals surface area contributed by atoms with E-state index in [4.69, 9.17) is 4.74 Å². The van der Waals surface area contributed by atoms with Crippen LogP contribution in [0.3, 0.4) is 0 Å². The van der Waals surface area contributed by atoms with Gasteiger partial charge in [0, 0.05) is 11.6 Å². The number of hydrogen-bond donors (Lipinski definition) is 1. The van der Waals surface area contributed by atoms with Crippen LogP contribution in [0, 0.1) is 13.8 Å². The van der Waals surface area contributed by atoms with Crippen LogP contribution in [0.25, 0.3) is 0 Å². The van der Waals surface area contributed by atoms with Crippen LogP contribution in [0.2, 0.25) is 0 Å². The van der Waals surface area contributed by atoms with E-state index in [1.165, 1.54) is 11.3 Å². The van der Waals surface area contributed by atoms with Gasteiger partial charge in [0.15, 0.2) is 5.13 Å². The van der Waals surface area contributed by atoms with Crippen LogP contribution in [-0.4, -0.2) is 17.5 Å². The van der Waals surface area contributed by atoms with Crippen LogP contribution in [0.1, 0.15) is 17.5 Å². The van der Waals surface area contributed by atoms with Crippen molar-refractivity contribution in [2.24, 2.45) is 0 Å². The highest BCUT2D eigenvalue weighted by atomic mass is 32.1. The minimum absolute atomic E-state index is 0.0840. The fourth-order valence-corrected chi connectivity index (χ4v) is 2.29. The topological polar surface area (TPSA) is 51.2 Å². The van der Waals surface area contributed by atoms with Gasteiger partial charge in [-0.05, 0) is 37.1 Å². The van der Waals surface area contributed by atoms with Gasteiger partial charge >= 0.3 is 0 Å². The molecule has 0 aliphatic heterocycles. The molecule has 0 bridgehead atoms. The van der Waals surface area contributed by atoms with Crippen LogP contribution in [0.4, 0.5) is 5.13 Å². The number of anilines is 1. The molecular weight excluding hydrogens is 260 g/mol. The Morgan fingerprint density at radius 1 is 1.32 bits per heavy atom. The summed E-state index contributed by atoms with van der Waals surface area (Å²) in [4.78, 5) is 15.6. The highest BCUT2D eigenvalue weighted by Crippen LogP contribution is 2.16. The monoisotopic (exact) mass is 276 g/mol. The normalized spacial score (nSPS) is 10.2. The molecule has 0 saturated heterocycles. The fraction of sp³-hybridized carbons (Fsp3) is 0.286. The first-order valence-corrected chi connectivity index (χ1v) is 6.92. The van der Waals surface area contributed by atoms with E-state index in [0.717, 1.165) is 16.9 Å². The number of nitrogens with one attached hydrogen (secondary N) is 1. The first-order valence-electron chi connectivity index (χ1n) is 6.04. The third-order valence-corrected chi connectivity index (χ3v) is 3.16. The third kappa shape index (κ3) is 4.37. The molecule has 1 heterocycles. The molecule has 0 fully saturated rings. The summed E-state index contributed by atoms with van der Waals surface area (Å²) in [5, 5.41) is 5.16. The highest BCUT2D eigenvalue weighted by Gasteiger charge is 2.04. The zero-order valence-electron chi connectivity index (χ0n) is 11.0. The smallest absolute Gasteiger partial charge is 0.229 e. The van der Waals surface area contributed by atoms with E-state index >= 15 is 0 Å². The zero-order chi connectivity index (χ0) is 13.7. The Morgan fingerprint density at radius 3 is 2.68 bits per heavy atom. The van der Waals surface area contributed by atoms with Gasteiger partial charge in [-0.2, -0.15) is 0 Å². The van der Waals surface area contributed by atoms with Gasteiger partial charge in [0.1, 0.15) is 5.75 Å².